The number of amides is 1. The molecule has 1 heterocycles. The molecule has 8 heteroatoms. The molecule has 3 aromatic rings. The highest BCUT2D eigenvalue weighted by molar-refractivity contribution is 6.42. The van der Waals surface area contributed by atoms with Gasteiger partial charge < -0.3 is 10.4 Å². The van der Waals surface area contributed by atoms with E-state index in [2.05, 4.69) is 15.3 Å². The summed E-state index contributed by atoms with van der Waals surface area (Å²) in [6.45, 7) is 3.74. The highest BCUT2D eigenvalue weighted by Gasteiger charge is 2.15. The Kier molecular flexibility index (Phi) is 6.70. The molecular formula is C22H19Cl2N3O3. The molecule has 0 aliphatic carbocycles. The van der Waals surface area contributed by atoms with Gasteiger partial charge in [0, 0.05) is 34.6 Å². The van der Waals surface area contributed by atoms with Crippen LogP contribution in [0.2, 0.25) is 10.0 Å². The van der Waals surface area contributed by atoms with Gasteiger partial charge in [-0.1, -0.05) is 42.3 Å². The molecule has 3 rings (SSSR count). The molecular weight excluding hydrogens is 425 g/mol. The molecule has 0 saturated carbocycles. The van der Waals surface area contributed by atoms with E-state index < -0.39 is 5.97 Å². The summed E-state index contributed by atoms with van der Waals surface area (Å²) in [4.78, 5) is 32.1. The van der Waals surface area contributed by atoms with Crippen LogP contribution in [-0.4, -0.2) is 27.0 Å². The lowest BCUT2D eigenvalue weighted by Gasteiger charge is -2.13. The van der Waals surface area contributed by atoms with Crippen molar-refractivity contribution in [3.8, 4) is 0 Å². The number of aryl methyl sites for hydroxylation is 1. The first-order valence-electron chi connectivity index (χ1n) is 9.15. The molecule has 0 saturated heterocycles. The smallest absolute Gasteiger partial charge is 0.307 e. The molecule has 0 aliphatic rings. The van der Waals surface area contributed by atoms with Gasteiger partial charge in [-0.3, -0.25) is 9.59 Å². The lowest BCUT2D eigenvalue weighted by Crippen LogP contribution is -2.12. The van der Waals surface area contributed by atoms with Gasteiger partial charge in [0.25, 0.3) is 5.91 Å². The van der Waals surface area contributed by atoms with Crippen molar-refractivity contribution in [1.29, 1.82) is 0 Å². The minimum Gasteiger partial charge on any atom is -0.481 e. The van der Waals surface area contributed by atoms with Crippen LogP contribution in [0.25, 0.3) is 0 Å². The van der Waals surface area contributed by atoms with Crippen molar-refractivity contribution in [3.05, 3.63) is 86.9 Å². The van der Waals surface area contributed by atoms with E-state index in [-0.39, 0.29) is 18.2 Å². The third-order valence-electron chi connectivity index (χ3n) is 4.68. The van der Waals surface area contributed by atoms with Gasteiger partial charge in [0.1, 0.15) is 5.82 Å². The van der Waals surface area contributed by atoms with Gasteiger partial charge in [-0.15, -0.1) is 0 Å². The number of nitrogens with zero attached hydrogens (tertiary/aromatic N) is 2. The number of halogens is 2. The van der Waals surface area contributed by atoms with Crippen molar-refractivity contribution in [2.75, 3.05) is 5.32 Å². The Balaban J connectivity index is 1.71. The maximum atomic E-state index is 12.4. The zero-order chi connectivity index (χ0) is 21.8. The van der Waals surface area contributed by atoms with Crippen LogP contribution in [0, 0.1) is 6.92 Å². The first-order valence-corrected chi connectivity index (χ1v) is 9.90. The number of nitrogens with one attached hydrogen (secondary N) is 1. The van der Waals surface area contributed by atoms with E-state index in [4.69, 9.17) is 28.3 Å². The third-order valence-corrected chi connectivity index (χ3v) is 5.42. The molecule has 0 fully saturated rings. The second-order valence-electron chi connectivity index (χ2n) is 6.84. The van der Waals surface area contributed by atoms with Gasteiger partial charge in [0.05, 0.1) is 16.5 Å². The number of carboxylic acid groups (broad SMARTS) is 1. The first kappa shape index (κ1) is 21.7. The van der Waals surface area contributed by atoms with Crippen LogP contribution in [0.15, 0.2) is 48.7 Å². The molecule has 0 aliphatic heterocycles. The van der Waals surface area contributed by atoms with E-state index in [1.807, 2.05) is 19.1 Å². The van der Waals surface area contributed by atoms with Gasteiger partial charge >= 0.3 is 5.97 Å². The second-order valence-corrected chi connectivity index (χ2v) is 7.65. The van der Waals surface area contributed by atoms with Gasteiger partial charge in [-0.25, -0.2) is 9.97 Å². The molecule has 1 unspecified atom stereocenters. The Morgan fingerprint density at radius 2 is 1.80 bits per heavy atom. The molecule has 1 amide bonds. The summed E-state index contributed by atoms with van der Waals surface area (Å²) in [7, 11) is 0. The van der Waals surface area contributed by atoms with Gasteiger partial charge in [-0.2, -0.15) is 0 Å². The molecule has 0 spiro atoms. The summed E-state index contributed by atoms with van der Waals surface area (Å²) in [5.41, 5.74) is 3.26. The minimum absolute atomic E-state index is 0.0950. The summed E-state index contributed by atoms with van der Waals surface area (Å²) in [5.74, 6) is -0.694. The fraction of sp³-hybridized carbons (Fsp3) is 0.182. The van der Waals surface area contributed by atoms with E-state index in [0.717, 1.165) is 5.56 Å². The fourth-order valence-electron chi connectivity index (χ4n) is 2.90. The van der Waals surface area contributed by atoms with Gasteiger partial charge in [-0.05, 0) is 42.8 Å². The van der Waals surface area contributed by atoms with E-state index in [0.29, 0.717) is 38.4 Å². The third kappa shape index (κ3) is 5.14. The summed E-state index contributed by atoms with van der Waals surface area (Å²) in [5, 5.41) is 12.5. The molecule has 2 aromatic carbocycles. The summed E-state index contributed by atoms with van der Waals surface area (Å²) < 4.78 is 0. The van der Waals surface area contributed by atoms with Gasteiger partial charge in [0.15, 0.2) is 0 Å². The summed E-state index contributed by atoms with van der Waals surface area (Å²) >= 11 is 11.9. The number of rotatable bonds is 6. The van der Waals surface area contributed by atoms with E-state index in [1.54, 1.807) is 37.4 Å². The number of hydrogen-bond acceptors (Lipinski definition) is 4. The number of aliphatic carboxylic acids is 1. The predicted octanol–water partition coefficient (Wildman–Crippen LogP) is 5.12. The van der Waals surface area contributed by atoms with Crippen LogP contribution in [0.5, 0.6) is 0 Å². The number of aromatic nitrogens is 2. The monoisotopic (exact) mass is 443 g/mol. The molecule has 30 heavy (non-hydrogen) atoms. The average molecular weight is 444 g/mol. The molecule has 154 valence electrons. The largest absolute Gasteiger partial charge is 0.481 e. The number of carboxylic acids is 1. The topological polar surface area (TPSA) is 92.2 Å². The summed E-state index contributed by atoms with van der Waals surface area (Å²) in [6.07, 6.45) is 1.46. The standard InChI is InChI=1S/C22H19Cl2N3O3/c1-12(21-25-11-16(10-20(28)29)13(2)26-21)14-3-6-17(7-4-14)27-22(30)15-5-8-18(23)19(24)9-15/h3-9,11-12H,10H2,1-2H3,(H,27,30)(H,28,29). The molecule has 0 radical (unpaired) electrons. The zero-order valence-corrected chi connectivity index (χ0v) is 17.8. The SMILES string of the molecule is Cc1nc(C(C)c2ccc(NC(=O)c3ccc(Cl)c(Cl)c3)cc2)ncc1CC(=O)O. The zero-order valence-electron chi connectivity index (χ0n) is 16.3. The Hall–Kier alpha value is -2.96. The molecule has 2 N–H and O–H groups in total. The molecule has 6 nitrogen and oxygen atoms in total. The number of anilines is 1. The lowest BCUT2D eigenvalue weighted by molar-refractivity contribution is -0.136. The summed E-state index contributed by atoms with van der Waals surface area (Å²) in [6, 6.07) is 12.1. The van der Waals surface area contributed by atoms with Crippen LogP contribution in [0.3, 0.4) is 0 Å². The second kappa shape index (κ2) is 9.24. The maximum absolute atomic E-state index is 12.4. The van der Waals surface area contributed by atoms with E-state index in [1.165, 1.54) is 6.07 Å². The average Bonchev–Trinajstić information content (AvgIpc) is 2.71. The normalized spacial score (nSPS) is 11.7. The van der Waals surface area contributed by atoms with Crippen molar-refractivity contribution < 1.29 is 14.7 Å². The maximum Gasteiger partial charge on any atom is 0.307 e. The van der Waals surface area contributed by atoms with Crippen LogP contribution >= 0.6 is 23.2 Å². The highest BCUT2D eigenvalue weighted by atomic mass is 35.5. The van der Waals surface area contributed by atoms with Crippen LogP contribution in [-0.2, 0) is 11.2 Å². The predicted molar refractivity (Wildman–Crippen MR) is 116 cm³/mol. The Labute approximate surface area is 183 Å². The van der Waals surface area contributed by atoms with Crippen LogP contribution < -0.4 is 5.32 Å². The number of benzene rings is 2. The highest BCUT2D eigenvalue weighted by Crippen LogP contribution is 2.25. The number of hydrogen-bond donors (Lipinski definition) is 2. The molecule has 1 atom stereocenters. The van der Waals surface area contributed by atoms with Crippen molar-refractivity contribution in [1.82, 2.24) is 9.97 Å². The van der Waals surface area contributed by atoms with Crippen molar-refractivity contribution in [2.45, 2.75) is 26.2 Å². The molecule has 0 bridgehead atoms. The Morgan fingerprint density at radius 1 is 1.10 bits per heavy atom. The van der Waals surface area contributed by atoms with E-state index in [9.17, 15) is 9.59 Å². The van der Waals surface area contributed by atoms with Crippen LogP contribution in [0.1, 0.15) is 45.8 Å². The quantitative estimate of drug-likeness (QED) is 0.551. The number of carbonyl (C=O) groups is 2. The number of carbonyl (C=O) groups excluding carboxylic acids is 1. The molecule has 1 aromatic heterocycles. The first-order chi connectivity index (χ1) is 14.2. The lowest BCUT2D eigenvalue weighted by atomic mass is 9.99. The van der Waals surface area contributed by atoms with Crippen molar-refractivity contribution in [2.24, 2.45) is 0 Å². The van der Waals surface area contributed by atoms with Crippen molar-refractivity contribution >= 4 is 40.8 Å². The Morgan fingerprint density at radius 3 is 2.40 bits per heavy atom. The van der Waals surface area contributed by atoms with Gasteiger partial charge in [0.2, 0.25) is 0 Å². The van der Waals surface area contributed by atoms with E-state index >= 15 is 0 Å². The minimum atomic E-state index is -0.916. The van der Waals surface area contributed by atoms with Crippen molar-refractivity contribution in [3.63, 3.8) is 0 Å². The Bertz CT molecular complexity index is 1100. The fourth-order valence-corrected chi connectivity index (χ4v) is 3.20. The van der Waals surface area contributed by atoms with Crippen LogP contribution in [0.4, 0.5) is 5.69 Å².